The maximum Gasteiger partial charge on any atom is 0.351 e. The Morgan fingerprint density at radius 1 is 0.920 bits per heavy atom. The maximum absolute atomic E-state index is 13.1. The van der Waals surface area contributed by atoms with Crippen LogP contribution in [-0.4, -0.2) is 18.7 Å². The summed E-state index contributed by atoms with van der Waals surface area (Å²) in [6, 6.07) is 16.7. The number of rotatable bonds is 4. The molecule has 0 N–H and O–H groups in total. The highest BCUT2D eigenvalue weighted by molar-refractivity contribution is 5.88. The van der Waals surface area contributed by atoms with E-state index in [1.807, 2.05) is 42.5 Å². The second-order valence-electron chi connectivity index (χ2n) is 6.77. The summed E-state index contributed by atoms with van der Waals surface area (Å²) in [7, 11) is 1.63. The summed E-state index contributed by atoms with van der Waals surface area (Å²) >= 11 is 0. The summed E-state index contributed by atoms with van der Waals surface area (Å²) in [6.07, 6.45) is 5.14. The monoisotopic (exact) mass is 338 g/mol. The van der Waals surface area contributed by atoms with Crippen LogP contribution >= 0.6 is 0 Å². The van der Waals surface area contributed by atoms with Crippen molar-refractivity contribution >= 4 is 5.97 Å². The predicted molar refractivity (Wildman–Crippen MR) is 93.7 cm³/mol. The van der Waals surface area contributed by atoms with Gasteiger partial charge in [-0.15, -0.1) is 0 Å². The van der Waals surface area contributed by atoms with E-state index in [0.717, 1.165) is 37.0 Å². The number of carbonyl (C=O) groups is 1. The molecule has 1 spiro atoms. The van der Waals surface area contributed by atoms with Gasteiger partial charge in [0, 0.05) is 0 Å². The summed E-state index contributed by atoms with van der Waals surface area (Å²) in [4.78, 5) is 13.1. The number of epoxide rings is 1. The zero-order valence-corrected chi connectivity index (χ0v) is 14.4. The number of carbonyl (C=O) groups excluding carboxylic acids is 1. The molecule has 2 aromatic carbocycles. The van der Waals surface area contributed by atoms with Gasteiger partial charge in [-0.1, -0.05) is 49.6 Å². The largest absolute Gasteiger partial charge is 0.497 e. The third-order valence-corrected chi connectivity index (χ3v) is 5.35. The van der Waals surface area contributed by atoms with Crippen molar-refractivity contribution in [3.63, 3.8) is 0 Å². The van der Waals surface area contributed by atoms with Gasteiger partial charge < -0.3 is 14.2 Å². The van der Waals surface area contributed by atoms with E-state index >= 15 is 0 Å². The second kappa shape index (κ2) is 6.19. The fourth-order valence-corrected chi connectivity index (χ4v) is 4.01. The van der Waals surface area contributed by atoms with Gasteiger partial charge in [-0.05, 0) is 42.7 Å². The van der Waals surface area contributed by atoms with E-state index in [1.165, 1.54) is 6.42 Å². The highest BCUT2D eigenvalue weighted by Gasteiger charge is 2.76. The standard InChI is InChI=1S/C21H22O4/c1-23-17-12-10-16(11-13-17)21(20(25-21)14-6-3-7-15-20)19(22)24-18-8-4-2-5-9-18/h2,4-5,8-13H,3,6-7,14-15H2,1H3. The van der Waals surface area contributed by atoms with Crippen molar-refractivity contribution in [2.45, 2.75) is 43.3 Å². The van der Waals surface area contributed by atoms with Crippen LogP contribution in [0, 0.1) is 0 Å². The van der Waals surface area contributed by atoms with Crippen LogP contribution in [0.4, 0.5) is 0 Å². The van der Waals surface area contributed by atoms with Crippen molar-refractivity contribution in [2.24, 2.45) is 0 Å². The molecule has 2 aromatic rings. The Hall–Kier alpha value is -2.33. The molecule has 1 unspecified atom stereocenters. The Bertz CT molecular complexity index is 747. The molecule has 2 aliphatic rings. The minimum atomic E-state index is -1.00. The molecule has 0 amide bonds. The number of benzene rings is 2. The zero-order valence-electron chi connectivity index (χ0n) is 14.4. The maximum atomic E-state index is 13.1. The highest BCUT2D eigenvalue weighted by atomic mass is 16.7. The van der Waals surface area contributed by atoms with Crippen LogP contribution in [0.25, 0.3) is 0 Å². The molecule has 1 aliphatic heterocycles. The van der Waals surface area contributed by atoms with Crippen LogP contribution < -0.4 is 9.47 Å². The van der Waals surface area contributed by atoms with E-state index in [4.69, 9.17) is 14.2 Å². The molecular formula is C21H22O4. The molecular weight excluding hydrogens is 316 g/mol. The SMILES string of the molecule is COc1ccc(C2(C(=O)Oc3ccccc3)OC23CCCCC3)cc1. The fourth-order valence-electron chi connectivity index (χ4n) is 4.01. The molecule has 0 bridgehead atoms. The van der Waals surface area contributed by atoms with Crippen LogP contribution in [0.3, 0.4) is 0 Å². The molecule has 1 atom stereocenters. The quantitative estimate of drug-likeness (QED) is 0.475. The lowest BCUT2D eigenvalue weighted by atomic mass is 9.77. The first-order valence-corrected chi connectivity index (χ1v) is 8.82. The van der Waals surface area contributed by atoms with Crippen molar-refractivity contribution in [1.29, 1.82) is 0 Å². The summed E-state index contributed by atoms with van der Waals surface area (Å²) in [5, 5.41) is 0. The number of methoxy groups -OCH3 is 1. The molecule has 4 nitrogen and oxygen atoms in total. The topological polar surface area (TPSA) is 48.1 Å². The van der Waals surface area contributed by atoms with Crippen molar-refractivity contribution < 1.29 is 19.0 Å². The van der Waals surface area contributed by atoms with Crippen LogP contribution in [0.5, 0.6) is 11.5 Å². The van der Waals surface area contributed by atoms with Gasteiger partial charge in [-0.25, -0.2) is 4.79 Å². The van der Waals surface area contributed by atoms with E-state index in [2.05, 4.69) is 0 Å². The highest BCUT2D eigenvalue weighted by Crippen LogP contribution is 2.63. The summed E-state index contributed by atoms with van der Waals surface area (Å²) < 4.78 is 17.1. The summed E-state index contributed by atoms with van der Waals surface area (Å²) in [6.45, 7) is 0. The second-order valence-corrected chi connectivity index (χ2v) is 6.77. The number of ether oxygens (including phenoxy) is 3. The third kappa shape index (κ3) is 2.61. The van der Waals surface area contributed by atoms with Gasteiger partial charge in [-0.2, -0.15) is 0 Å². The summed E-state index contributed by atoms with van der Waals surface area (Å²) in [5.41, 5.74) is -0.586. The van der Waals surface area contributed by atoms with Gasteiger partial charge in [0.15, 0.2) is 0 Å². The lowest BCUT2D eigenvalue weighted by molar-refractivity contribution is -0.140. The van der Waals surface area contributed by atoms with E-state index in [1.54, 1.807) is 19.2 Å². The van der Waals surface area contributed by atoms with E-state index in [9.17, 15) is 4.79 Å². The molecule has 1 heterocycles. The van der Waals surface area contributed by atoms with Gasteiger partial charge in [0.2, 0.25) is 5.60 Å². The van der Waals surface area contributed by atoms with Crippen LogP contribution in [-0.2, 0) is 15.1 Å². The smallest absolute Gasteiger partial charge is 0.351 e. The first-order valence-electron chi connectivity index (χ1n) is 8.82. The Kier molecular flexibility index (Phi) is 4.00. The number of esters is 1. The minimum Gasteiger partial charge on any atom is -0.497 e. The number of para-hydroxylation sites is 1. The third-order valence-electron chi connectivity index (χ3n) is 5.35. The molecule has 4 heteroatoms. The molecule has 1 saturated carbocycles. The first-order chi connectivity index (χ1) is 12.2. The first kappa shape index (κ1) is 16.2. The van der Waals surface area contributed by atoms with E-state index in [-0.39, 0.29) is 5.97 Å². The Labute approximate surface area is 147 Å². The fraction of sp³-hybridized carbons (Fsp3) is 0.381. The number of hydrogen-bond acceptors (Lipinski definition) is 4. The Morgan fingerprint density at radius 3 is 2.24 bits per heavy atom. The molecule has 0 aromatic heterocycles. The predicted octanol–water partition coefficient (Wildman–Crippen LogP) is 4.23. The molecule has 0 radical (unpaired) electrons. The lowest BCUT2D eigenvalue weighted by Gasteiger charge is -2.23. The molecule has 4 rings (SSSR count). The molecule has 2 fully saturated rings. The van der Waals surface area contributed by atoms with E-state index < -0.39 is 11.2 Å². The van der Waals surface area contributed by atoms with E-state index in [0.29, 0.717) is 5.75 Å². The number of hydrogen-bond donors (Lipinski definition) is 0. The van der Waals surface area contributed by atoms with Gasteiger partial charge in [0.25, 0.3) is 0 Å². The van der Waals surface area contributed by atoms with Crippen molar-refractivity contribution in [3.05, 3.63) is 60.2 Å². The Morgan fingerprint density at radius 2 is 1.60 bits per heavy atom. The molecule has 1 saturated heterocycles. The van der Waals surface area contributed by atoms with Crippen molar-refractivity contribution in [2.75, 3.05) is 7.11 Å². The molecule has 1 aliphatic carbocycles. The molecule has 130 valence electrons. The van der Waals surface area contributed by atoms with Crippen molar-refractivity contribution in [1.82, 2.24) is 0 Å². The average molecular weight is 338 g/mol. The average Bonchev–Trinajstić information content (AvgIpc) is 3.31. The van der Waals surface area contributed by atoms with Gasteiger partial charge >= 0.3 is 5.97 Å². The van der Waals surface area contributed by atoms with Crippen molar-refractivity contribution in [3.8, 4) is 11.5 Å². The zero-order chi connectivity index (χ0) is 17.3. The molecule has 25 heavy (non-hydrogen) atoms. The minimum absolute atomic E-state index is 0.328. The lowest BCUT2D eigenvalue weighted by Crippen LogP contribution is -2.36. The normalized spacial score (nSPS) is 23.9. The van der Waals surface area contributed by atoms with Gasteiger partial charge in [0.1, 0.15) is 17.1 Å². The van der Waals surface area contributed by atoms with Crippen LogP contribution in [0.1, 0.15) is 37.7 Å². The summed E-state index contributed by atoms with van der Waals surface area (Å²) in [5.74, 6) is 0.973. The van der Waals surface area contributed by atoms with Crippen LogP contribution in [0.15, 0.2) is 54.6 Å². The van der Waals surface area contributed by atoms with Crippen LogP contribution in [0.2, 0.25) is 0 Å². The van der Waals surface area contributed by atoms with Gasteiger partial charge in [-0.3, -0.25) is 0 Å². The van der Waals surface area contributed by atoms with Gasteiger partial charge in [0.05, 0.1) is 7.11 Å². The Balaban J connectivity index is 1.68.